The molecule has 146 valence electrons. The van der Waals surface area contributed by atoms with Gasteiger partial charge in [-0.1, -0.05) is 51.3 Å². The van der Waals surface area contributed by atoms with Crippen molar-refractivity contribution in [3.05, 3.63) is 46.9 Å². The van der Waals surface area contributed by atoms with Crippen molar-refractivity contribution in [2.45, 2.75) is 65.0 Å². The van der Waals surface area contributed by atoms with Crippen molar-refractivity contribution in [1.29, 1.82) is 0 Å². The van der Waals surface area contributed by atoms with Crippen LogP contribution in [0.15, 0.2) is 40.0 Å². The summed E-state index contributed by atoms with van der Waals surface area (Å²) in [5, 5.41) is 7.53. The van der Waals surface area contributed by atoms with Crippen LogP contribution in [0.2, 0.25) is 0 Å². The van der Waals surface area contributed by atoms with Gasteiger partial charge >= 0.3 is 0 Å². The predicted octanol–water partition coefficient (Wildman–Crippen LogP) is 4.07. The van der Waals surface area contributed by atoms with Crippen molar-refractivity contribution in [3.63, 3.8) is 0 Å². The van der Waals surface area contributed by atoms with Crippen molar-refractivity contribution in [1.82, 2.24) is 10.6 Å². The van der Waals surface area contributed by atoms with Gasteiger partial charge in [-0.2, -0.15) is 0 Å². The number of nitrogens with two attached hydrogens (primary N) is 1. The number of aryl methyl sites for hydroxylation is 1. The Labute approximate surface area is 161 Å². The van der Waals surface area contributed by atoms with Crippen LogP contribution in [0.1, 0.15) is 63.3 Å². The first-order chi connectivity index (χ1) is 13.1. The summed E-state index contributed by atoms with van der Waals surface area (Å²) in [6.45, 7) is 6.46. The van der Waals surface area contributed by atoms with Gasteiger partial charge in [-0.05, 0) is 25.8 Å². The molecule has 0 saturated heterocycles. The van der Waals surface area contributed by atoms with Crippen LogP contribution in [0.4, 0.5) is 0 Å². The van der Waals surface area contributed by atoms with Crippen molar-refractivity contribution in [3.8, 4) is 0 Å². The second-order valence-corrected chi connectivity index (χ2v) is 7.15. The van der Waals surface area contributed by atoms with Crippen LogP contribution in [-0.2, 0) is 4.79 Å². The minimum atomic E-state index is -0.497. The first kappa shape index (κ1) is 19.5. The van der Waals surface area contributed by atoms with Crippen LogP contribution in [-0.4, -0.2) is 18.5 Å². The molecular weight excluding hydrogens is 338 g/mol. The highest BCUT2D eigenvalue weighted by molar-refractivity contribution is 5.99. The molecule has 0 radical (unpaired) electrons. The van der Waals surface area contributed by atoms with Gasteiger partial charge in [0.2, 0.25) is 0 Å². The number of amides is 1. The topological polar surface area (TPSA) is 80.3 Å². The molecule has 0 bridgehead atoms. The summed E-state index contributed by atoms with van der Waals surface area (Å²) in [6, 6.07) is 7.87. The standard InChI is InChI=1S/C20H25N3O2.C2H6/c1-12-10-13-6-5-9-15(19(13)25-12)18(21)17-16(11-22-20(17)24)23-14-7-3-2-4-8-14;1-2/h5-6,9-10,14,18,23H,2-4,7-8,11,21H2,1H3,(H,22,24);1-2H3. The molecule has 5 heteroatoms. The minimum Gasteiger partial charge on any atom is -0.461 e. The molecule has 27 heavy (non-hydrogen) atoms. The molecule has 1 unspecified atom stereocenters. The zero-order chi connectivity index (χ0) is 19.4. The average Bonchev–Trinajstić information content (AvgIpc) is 3.25. The molecule has 1 aromatic heterocycles. The van der Waals surface area contributed by atoms with E-state index in [4.69, 9.17) is 10.2 Å². The number of carbonyl (C=O) groups excluding carboxylic acids is 1. The molecule has 0 spiro atoms. The summed E-state index contributed by atoms with van der Waals surface area (Å²) in [5.74, 6) is 0.770. The zero-order valence-electron chi connectivity index (χ0n) is 16.6. The highest BCUT2D eigenvalue weighted by atomic mass is 16.3. The predicted molar refractivity (Wildman–Crippen MR) is 109 cm³/mol. The summed E-state index contributed by atoms with van der Waals surface area (Å²) < 4.78 is 5.85. The molecule has 1 saturated carbocycles. The normalized spacial score (nSPS) is 18.9. The number of carbonyl (C=O) groups is 1. The van der Waals surface area contributed by atoms with E-state index in [0.29, 0.717) is 18.2 Å². The number of hydrogen-bond donors (Lipinski definition) is 3. The Balaban J connectivity index is 0.00000102. The van der Waals surface area contributed by atoms with Gasteiger partial charge < -0.3 is 20.8 Å². The summed E-state index contributed by atoms with van der Waals surface area (Å²) in [6.07, 6.45) is 6.12. The molecule has 4 N–H and O–H groups in total. The fourth-order valence-electron chi connectivity index (χ4n) is 4.06. The van der Waals surface area contributed by atoms with Crippen molar-refractivity contribution < 1.29 is 9.21 Å². The largest absolute Gasteiger partial charge is 0.461 e. The Morgan fingerprint density at radius 2 is 1.96 bits per heavy atom. The Morgan fingerprint density at radius 3 is 2.70 bits per heavy atom. The molecule has 1 amide bonds. The lowest BCUT2D eigenvalue weighted by atomic mass is 9.94. The summed E-state index contributed by atoms with van der Waals surface area (Å²) in [7, 11) is 0. The van der Waals surface area contributed by atoms with Gasteiger partial charge in [0.05, 0.1) is 18.2 Å². The number of fused-ring (bicyclic) bond motifs is 1. The number of benzene rings is 1. The second-order valence-electron chi connectivity index (χ2n) is 7.15. The van der Waals surface area contributed by atoms with E-state index < -0.39 is 6.04 Å². The lowest BCUT2D eigenvalue weighted by Gasteiger charge is -2.25. The van der Waals surface area contributed by atoms with Crippen LogP contribution >= 0.6 is 0 Å². The summed E-state index contributed by atoms with van der Waals surface area (Å²) >= 11 is 0. The molecule has 1 aromatic carbocycles. The van der Waals surface area contributed by atoms with E-state index in [2.05, 4.69) is 10.6 Å². The van der Waals surface area contributed by atoms with E-state index >= 15 is 0 Å². The van der Waals surface area contributed by atoms with E-state index in [1.54, 1.807) is 0 Å². The maximum Gasteiger partial charge on any atom is 0.251 e. The van der Waals surface area contributed by atoms with Gasteiger partial charge in [0.25, 0.3) is 5.91 Å². The van der Waals surface area contributed by atoms with E-state index in [9.17, 15) is 4.79 Å². The number of nitrogens with one attached hydrogen (secondary N) is 2. The monoisotopic (exact) mass is 369 g/mol. The Bertz CT molecular complexity index is 831. The van der Waals surface area contributed by atoms with Gasteiger partial charge in [0.15, 0.2) is 0 Å². The average molecular weight is 370 g/mol. The highest BCUT2D eigenvalue weighted by Gasteiger charge is 2.31. The fraction of sp³-hybridized carbons (Fsp3) is 0.500. The number of furan rings is 1. The summed E-state index contributed by atoms with van der Waals surface area (Å²) in [4.78, 5) is 12.5. The molecular formula is C22H31N3O2. The van der Waals surface area contributed by atoms with E-state index in [1.165, 1.54) is 19.3 Å². The van der Waals surface area contributed by atoms with Gasteiger partial charge in [-0.15, -0.1) is 0 Å². The quantitative estimate of drug-likeness (QED) is 0.759. The molecule has 4 rings (SSSR count). The third-order valence-electron chi connectivity index (χ3n) is 5.32. The molecule has 1 fully saturated rings. The fourth-order valence-corrected chi connectivity index (χ4v) is 4.06. The number of rotatable bonds is 4. The molecule has 2 heterocycles. The first-order valence-corrected chi connectivity index (χ1v) is 10.2. The lowest BCUT2D eigenvalue weighted by molar-refractivity contribution is -0.116. The maximum absolute atomic E-state index is 12.5. The van der Waals surface area contributed by atoms with Crippen molar-refractivity contribution >= 4 is 16.9 Å². The van der Waals surface area contributed by atoms with Crippen molar-refractivity contribution in [2.24, 2.45) is 5.73 Å². The molecule has 2 aromatic rings. The smallest absolute Gasteiger partial charge is 0.251 e. The van der Waals surface area contributed by atoms with Gasteiger partial charge in [0, 0.05) is 22.7 Å². The van der Waals surface area contributed by atoms with Gasteiger partial charge in [0.1, 0.15) is 11.3 Å². The molecule has 2 aliphatic rings. The molecule has 1 aliphatic carbocycles. The van der Waals surface area contributed by atoms with Crippen LogP contribution < -0.4 is 16.4 Å². The lowest BCUT2D eigenvalue weighted by Crippen LogP contribution is -2.33. The second kappa shape index (κ2) is 8.61. The van der Waals surface area contributed by atoms with Crippen LogP contribution in [0.25, 0.3) is 11.0 Å². The van der Waals surface area contributed by atoms with Crippen LogP contribution in [0.5, 0.6) is 0 Å². The number of para-hydroxylation sites is 1. The maximum atomic E-state index is 12.5. The van der Waals surface area contributed by atoms with E-state index in [-0.39, 0.29) is 5.91 Å². The van der Waals surface area contributed by atoms with E-state index in [0.717, 1.165) is 40.8 Å². The van der Waals surface area contributed by atoms with Crippen LogP contribution in [0.3, 0.4) is 0 Å². The van der Waals surface area contributed by atoms with Crippen molar-refractivity contribution in [2.75, 3.05) is 6.54 Å². The molecule has 1 atom stereocenters. The van der Waals surface area contributed by atoms with Gasteiger partial charge in [-0.25, -0.2) is 0 Å². The third kappa shape index (κ3) is 4.03. The molecule has 1 aliphatic heterocycles. The SMILES string of the molecule is CC.Cc1cc2cccc(C(N)C3=C(NC4CCCCC4)CNC3=O)c2o1. The Kier molecular flexibility index (Phi) is 6.22. The highest BCUT2D eigenvalue weighted by Crippen LogP contribution is 2.32. The summed E-state index contributed by atoms with van der Waals surface area (Å²) in [5.41, 5.74) is 9.77. The zero-order valence-corrected chi connectivity index (χ0v) is 16.6. The Hall–Kier alpha value is -2.27. The Morgan fingerprint density at radius 1 is 1.22 bits per heavy atom. The number of hydrogen-bond acceptors (Lipinski definition) is 4. The first-order valence-electron chi connectivity index (χ1n) is 10.2. The van der Waals surface area contributed by atoms with Gasteiger partial charge in [-0.3, -0.25) is 4.79 Å². The van der Waals surface area contributed by atoms with Crippen LogP contribution in [0, 0.1) is 6.92 Å². The minimum absolute atomic E-state index is 0.0777. The third-order valence-corrected chi connectivity index (χ3v) is 5.32. The molecule has 5 nitrogen and oxygen atoms in total. The van der Waals surface area contributed by atoms with E-state index in [1.807, 2.05) is 45.0 Å².